The number of carbonyl (C=O) groups excluding carboxylic acids is 4. The van der Waals surface area contributed by atoms with Crippen LogP contribution < -0.4 is 10.6 Å². The van der Waals surface area contributed by atoms with Crippen molar-refractivity contribution in [3.63, 3.8) is 0 Å². The maximum atomic E-state index is 14.0. The van der Waals surface area contributed by atoms with E-state index in [1.165, 1.54) is 19.1 Å². The molecule has 0 spiro atoms. The molecule has 2 fully saturated rings. The fourth-order valence-corrected chi connectivity index (χ4v) is 6.43. The van der Waals surface area contributed by atoms with E-state index >= 15 is 0 Å². The van der Waals surface area contributed by atoms with Crippen LogP contribution in [0.4, 0.5) is 4.39 Å². The van der Waals surface area contributed by atoms with Crippen molar-refractivity contribution in [1.29, 1.82) is 0 Å². The van der Waals surface area contributed by atoms with Crippen LogP contribution in [0.1, 0.15) is 57.4 Å². The minimum atomic E-state index is -0.719. The number of ketones is 2. The predicted molar refractivity (Wildman–Crippen MR) is 157 cm³/mol. The van der Waals surface area contributed by atoms with Gasteiger partial charge in [0.15, 0.2) is 10.9 Å². The molecule has 41 heavy (non-hydrogen) atoms. The first kappa shape index (κ1) is 32.9. The number of nitrogens with one attached hydrogen (secondary N) is 2. The summed E-state index contributed by atoms with van der Waals surface area (Å²) < 4.78 is 25.2. The molecule has 8 nitrogen and oxygen atoms in total. The Labute approximate surface area is 246 Å². The molecule has 0 bridgehead atoms. The van der Waals surface area contributed by atoms with E-state index < -0.39 is 23.7 Å². The highest BCUT2D eigenvalue weighted by Crippen LogP contribution is 2.30. The summed E-state index contributed by atoms with van der Waals surface area (Å²) in [5, 5.41) is 5.79. The van der Waals surface area contributed by atoms with Gasteiger partial charge in [0.25, 0.3) is 0 Å². The Hall–Kier alpha value is -2.56. The van der Waals surface area contributed by atoms with Gasteiger partial charge < -0.3 is 24.9 Å². The number of carbonyl (C=O) groups is 4. The van der Waals surface area contributed by atoms with Gasteiger partial charge in [-0.2, -0.15) is 0 Å². The zero-order chi connectivity index (χ0) is 29.6. The van der Waals surface area contributed by atoms with Crippen LogP contribution >= 0.6 is 11.8 Å². The number of Topliss-reactive ketones (excluding diaryl/α,β-unsaturated/α-hetero) is 2. The molecule has 3 atom stereocenters. The zero-order valence-corrected chi connectivity index (χ0v) is 24.8. The predicted octanol–water partition coefficient (Wildman–Crippen LogP) is 4.01. The Kier molecular flexibility index (Phi) is 14.0. The second-order valence-corrected chi connectivity index (χ2v) is 12.1. The normalized spacial score (nSPS) is 25.1. The van der Waals surface area contributed by atoms with E-state index in [0.717, 1.165) is 37.4 Å². The molecule has 1 saturated carbocycles. The highest BCUT2D eigenvalue weighted by molar-refractivity contribution is 8.13. The van der Waals surface area contributed by atoms with Crippen LogP contribution in [-0.2, 0) is 35.1 Å². The third-order valence-corrected chi connectivity index (χ3v) is 8.68. The Morgan fingerprint density at radius 1 is 1.10 bits per heavy atom. The molecule has 2 N–H and O–H groups in total. The first-order valence-electron chi connectivity index (χ1n) is 14.5. The Morgan fingerprint density at radius 2 is 1.85 bits per heavy atom. The van der Waals surface area contributed by atoms with Gasteiger partial charge in [0.2, 0.25) is 5.91 Å². The number of rotatable bonds is 6. The van der Waals surface area contributed by atoms with Gasteiger partial charge in [-0.05, 0) is 43.4 Å². The summed E-state index contributed by atoms with van der Waals surface area (Å²) in [5.41, 5.74) is 1.20. The molecule has 1 aliphatic heterocycles. The van der Waals surface area contributed by atoms with Crippen LogP contribution in [0.3, 0.4) is 0 Å². The maximum absolute atomic E-state index is 14.0. The monoisotopic (exact) mass is 590 g/mol. The average molecular weight is 591 g/mol. The average Bonchev–Trinajstić information content (AvgIpc) is 3.44. The number of halogens is 1. The van der Waals surface area contributed by atoms with Crippen molar-refractivity contribution in [3.05, 3.63) is 47.9 Å². The van der Waals surface area contributed by atoms with Gasteiger partial charge in [0.05, 0.1) is 38.4 Å². The Balaban J connectivity index is 1.83. The highest BCUT2D eigenvalue weighted by atomic mass is 32.2. The van der Waals surface area contributed by atoms with Crippen molar-refractivity contribution in [3.8, 4) is 0 Å². The van der Waals surface area contributed by atoms with E-state index in [0.29, 0.717) is 36.8 Å². The summed E-state index contributed by atoms with van der Waals surface area (Å²) in [4.78, 5) is 52.0. The van der Waals surface area contributed by atoms with Gasteiger partial charge in [-0.25, -0.2) is 4.39 Å². The molecular formula is C31H43FN2O6S. The van der Waals surface area contributed by atoms with Crippen molar-refractivity contribution in [2.75, 3.05) is 38.7 Å². The lowest BCUT2D eigenvalue weighted by Crippen LogP contribution is -2.40. The van der Waals surface area contributed by atoms with Gasteiger partial charge in [-0.1, -0.05) is 56.2 Å². The smallest absolute Gasteiger partial charge is 0.224 e. The van der Waals surface area contributed by atoms with E-state index in [1.54, 1.807) is 12.1 Å². The summed E-state index contributed by atoms with van der Waals surface area (Å²) >= 11 is 0.958. The molecule has 1 aromatic rings. The molecule has 0 aromatic heterocycles. The van der Waals surface area contributed by atoms with Crippen molar-refractivity contribution in [2.45, 2.75) is 64.3 Å². The molecule has 1 saturated heterocycles. The van der Waals surface area contributed by atoms with Crippen LogP contribution in [0, 0.1) is 23.6 Å². The number of hydrogen-bond acceptors (Lipinski definition) is 8. The number of amides is 1. The van der Waals surface area contributed by atoms with E-state index in [1.807, 2.05) is 0 Å². The quantitative estimate of drug-likeness (QED) is 0.512. The third-order valence-electron chi connectivity index (χ3n) is 7.49. The van der Waals surface area contributed by atoms with Gasteiger partial charge >= 0.3 is 0 Å². The van der Waals surface area contributed by atoms with Crippen LogP contribution in [0.25, 0.3) is 0 Å². The molecule has 1 aliphatic carbocycles. The van der Waals surface area contributed by atoms with Crippen molar-refractivity contribution in [1.82, 2.24) is 10.6 Å². The van der Waals surface area contributed by atoms with Gasteiger partial charge in [0.1, 0.15) is 11.6 Å². The minimum absolute atomic E-state index is 0.00377. The number of thioether (sulfide) groups is 1. The molecule has 10 heteroatoms. The lowest BCUT2D eigenvalue weighted by atomic mass is 9.89. The van der Waals surface area contributed by atoms with E-state index in [4.69, 9.17) is 9.47 Å². The largest absolute Gasteiger partial charge is 0.377 e. The Bertz CT molecular complexity index is 1060. The van der Waals surface area contributed by atoms with Gasteiger partial charge in [-0.15, -0.1) is 0 Å². The van der Waals surface area contributed by atoms with Crippen molar-refractivity contribution in [2.24, 2.45) is 17.8 Å². The molecular weight excluding hydrogens is 547 g/mol. The molecule has 3 rings (SSSR count). The lowest BCUT2D eigenvalue weighted by molar-refractivity contribution is -0.128. The highest BCUT2D eigenvalue weighted by Gasteiger charge is 2.31. The molecule has 1 aromatic carbocycles. The molecule has 1 amide bonds. The fourth-order valence-electron chi connectivity index (χ4n) is 5.39. The topological polar surface area (TPSA) is 111 Å². The van der Waals surface area contributed by atoms with E-state index in [2.05, 4.69) is 17.2 Å². The number of ether oxygens (including phenoxy) is 2. The second kappa shape index (κ2) is 17.4. The lowest BCUT2D eigenvalue weighted by Gasteiger charge is -2.25. The molecule has 0 unspecified atom stereocenters. The summed E-state index contributed by atoms with van der Waals surface area (Å²) in [6, 6.07) is 5.51. The molecule has 0 radical (unpaired) electrons. The maximum Gasteiger partial charge on any atom is 0.224 e. The van der Waals surface area contributed by atoms with Crippen molar-refractivity contribution >= 4 is 34.4 Å². The van der Waals surface area contributed by atoms with E-state index in [-0.39, 0.29) is 67.4 Å². The Morgan fingerprint density at radius 3 is 2.59 bits per heavy atom. The standard InChI is InChI=1S/C31H43FN2O6S/c1-21-19-40-13-12-39-11-10-33-30(37)26(14-22(2)35)20-41-31(38)25(15-24-8-5-9-27(32)16-24)18-29(36)28(34-21)17-23-6-3-4-7-23/h5,8-9,16,23,25-26,28,34H,1,3-4,6-7,10-15,17-20H2,2H3,(H,33,37)/t25-,26+,28+/m1/s1. The number of benzene rings is 1. The molecule has 226 valence electrons. The zero-order valence-electron chi connectivity index (χ0n) is 24.0. The SMILES string of the molecule is C=C1COCCOCCNC(=O)[C@@H](CC(C)=O)CSC(=O)[C@H](Cc2cccc(F)c2)CC(=O)[C@H](CC2CCCC2)N1. The first-order valence-corrected chi connectivity index (χ1v) is 15.5. The summed E-state index contributed by atoms with van der Waals surface area (Å²) in [6.45, 7) is 6.87. The summed E-state index contributed by atoms with van der Waals surface area (Å²) in [5.74, 6) is -1.89. The van der Waals surface area contributed by atoms with Crippen LogP contribution in [-0.4, -0.2) is 67.4 Å². The van der Waals surface area contributed by atoms with Gasteiger partial charge in [-0.3, -0.25) is 14.4 Å². The summed E-state index contributed by atoms with van der Waals surface area (Å²) in [7, 11) is 0. The first-order chi connectivity index (χ1) is 19.7. The number of hydrogen-bond donors (Lipinski definition) is 2. The van der Waals surface area contributed by atoms with Gasteiger partial charge in [0, 0.05) is 36.8 Å². The van der Waals surface area contributed by atoms with Crippen LogP contribution in [0.5, 0.6) is 0 Å². The van der Waals surface area contributed by atoms with Crippen molar-refractivity contribution < 1.29 is 33.0 Å². The second-order valence-electron chi connectivity index (χ2n) is 11.1. The van der Waals surface area contributed by atoms with Crippen LogP contribution in [0.15, 0.2) is 36.5 Å². The van der Waals surface area contributed by atoms with Crippen LogP contribution in [0.2, 0.25) is 0 Å². The fraction of sp³-hybridized carbons (Fsp3) is 0.613. The summed E-state index contributed by atoms with van der Waals surface area (Å²) in [6.07, 6.45) is 5.22. The van der Waals surface area contributed by atoms with E-state index in [9.17, 15) is 23.6 Å². The third kappa shape index (κ3) is 12.1. The molecule has 1 heterocycles. The molecule has 2 aliphatic rings. The minimum Gasteiger partial charge on any atom is -0.377 e.